The van der Waals surface area contributed by atoms with Gasteiger partial charge in [-0.3, -0.25) is 0 Å². The molecule has 0 aromatic heterocycles. The Labute approximate surface area is 94.7 Å². The number of rotatable bonds is 10. The summed E-state index contributed by atoms with van der Waals surface area (Å²) < 4.78 is 0. The summed E-state index contributed by atoms with van der Waals surface area (Å²) in [7, 11) is 0. The summed E-state index contributed by atoms with van der Waals surface area (Å²) in [6, 6.07) is 0. The molecule has 0 atom stereocenters. The van der Waals surface area contributed by atoms with Gasteiger partial charge in [0.15, 0.2) is 0 Å². The first-order valence-corrected chi connectivity index (χ1v) is 6.46. The molecule has 2 nitrogen and oxygen atoms in total. The molecule has 15 heavy (non-hydrogen) atoms. The minimum atomic E-state index is 0.204. The Morgan fingerprint density at radius 2 is 1.13 bits per heavy atom. The third-order valence-corrected chi connectivity index (χ3v) is 3.41. The highest BCUT2D eigenvalue weighted by Gasteiger charge is 2.27. The summed E-state index contributed by atoms with van der Waals surface area (Å²) in [5.41, 5.74) is 0.204. The maximum atomic E-state index is 9.15. The van der Waals surface area contributed by atoms with Crippen LogP contribution < -0.4 is 0 Å². The SMILES string of the molecule is CCCCC(CCO)(CCO)CCCC. The molecule has 0 aliphatic rings. The summed E-state index contributed by atoms with van der Waals surface area (Å²) in [4.78, 5) is 0. The Kier molecular flexibility index (Phi) is 9.12. The van der Waals surface area contributed by atoms with Gasteiger partial charge in [-0.25, -0.2) is 0 Å². The maximum Gasteiger partial charge on any atom is 0.0436 e. The molecule has 2 N–H and O–H groups in total. The minimum Gasteiger partial charge on any atom is -0.396 e. The van der Waals surface area contributed by atoms with E-state index in [4.69, 9.17) is 10.2 Å². The maximum absolute atomic E-state index is 9.15. The highest BCUT2D eigenvalue weighted by atomic mass is 16.3. The van der Waals surface area contributed by atoms with Crippen LogP contribution in [0.1, 0.15) is 65.2 Å². The number of unbranched alkanes of at least 4 members (excludes halogenated alkanes) is 2. The molecule has 0 bridgehead atoms. The number of hydrogen-bond acceptors (Lipinski definition) is 2. The van der Waals surface area contributed by atoms with Gasteiger partial charge in [0.1, 0.15) is 0 Å². The van der Waals surface area contributed by atoms with Crippen LogP contribution in [0.2, 0.25) is 0 Å². The monoisotopic (exact) mass is 216 g/mol. The first-order valence-electron chi connectivity index (χ1n) is 6.46. The summed E-state index contributed by atoms with van der Waals surface area (Å²) in [6.07, 6.45) is 8.85. The lowest BCUT2D eigenvalue weighted by Gasteiger charge is -2.33. The van der Waals surface area contributed by atoms with Crippen LogP contribution in [-0.4, -0.2) is 23.4 Å². The van der Waals surface area contributed by atoms with Crippen LogP contribution >= 0.6 is 0 Å². The van der Waals surface area contributed by atoms with E-state index < -0.39 is 0 Å². The highest BCUT2D eigenvalue weighted by molar-refractivity contribution is 4.79. The van der Waals surface area contributed by atoms with Gasteiger partial charge in [-0.15, -0.1) is 0 Å². The van der Waals surface area contributed by atoms with Crippen molar-refractivity contribution in [2.24, 2.45) is 5.41 Å². The largest absolute Gasteiger partial charge is 0.396 e. The van der Waals surface area contributed by atoms with Crippen molar-refractivity contribution in [1.29, 1.82) is 0 Å². The van der Waals surface area contributed by atoms with Crippen molar-refractivity contribution in [2.45, 2.75) is 65.2 Å². The predicted octanol–water partition coefficient (Wildman–Crippen LogP) is 3.12. The van der Waals surface area contributed by atoms with Crippen molar-refractivity contribution in [2.75, 3.05) is 13.2 Å². The average molecular weight is 216 g/mol. The smallest absolute Gasteiger partial charge is 0.0436 e. The van der Waals surface area contributed by atoms with Crippen molar-refractivity contribution >= 4 is 0 Å². The van der Waals surface area contributed by atoms with Gasteiger partial charge in [0, 0.05) is 13.2 Å². The Morgan fingerprint density at radius 1 is 0.733 bits per heavy atom. The van der Waals surface area contributed by atoms with E-state index in [-0.39, 0.29) is 18.6 Å². The molecule has 0 amide bonds. The molecule has 0 aromatic carbocycles. The summed E-state index contributed by atoms with van der Waals surface area (Å²) in [5, 5.41) is 18.3. The van der Waals surface area contributed by atoms with Crippen molar-refractivity contribution in [3.63, 3.8) is 0 Å². The minimum absolute atomic E-state index is 0.204. The Hall–Kier alpha value is -0.0800. The van der Waals surface area contributed by atoms with E-state index in [0.717, 1.165) is 25.7 Å². The van der Waals surface area contributed by atoms with Crippen molar-refractivity contribution < 1.29 is 10.2 Å². The molecule has 0 aromatic rings. The Bertz CT molecular complexity index is 118. The predicted molar refractivity (Wildman–Crippen MR) is 64.9 cm³/mol. The van der Waals surface area contributed by atoms with Crippen molar-refractivity contribution in [3.8, 4) is 0 Å². The molecule has 2 heteroatoms. The molecule has 0 rings (SSSR count). The van der Waals surface area contributed by atoms with E-state index in [2.05, 4.69) is 13.8 Å². The van der Waals surface area contributed by atoms with Crippen LogP contribution in [0.25, 0.3) is 0 Å². The second kappa shape index (κ2) is 9.17. The topological polar surface area (TPSA) is 40.5 Å². The number of aliphatic hydroxyl groups excluding tert-OH is 2. The summed E-state index contributed by atoms with van der Waals surface area (Å²) in [6.45, 7) is 4.91. The van der Waals surface area contributed by atoms with Crippen LogP contribution in [0.15, 0.2) is 0 Å². The Balaban J connectivity index is 4.26. The van der Waals surface area contributed by atoms with Crippen LogP contribution in [0, 0.1) is 5.41 Å². The lowest BCUT2D eigenvalue weighted by atomic mass is 9.73. The zero-order valence-corrected chi connectivity index (χ0v) is 10.5. The normalized spacial score (nSPS) is 12.0. The lowest BCUT2D eigenvalue weighted by Crippen LogP contribution is -2.24. The fraction of sp³-hybridized carbons (Fsp3) is 1.00. The quantitative estimate of drug-likeness (QED) is 0.589. The van der Waals surface area contributed by atoms with Gasteiger partial charge >= 0.3 is 0 Å². The van der Waals surface area contributed by atoms with Crippen LogP contribution in [0.4, 0.5) is 0 Å². The van der Waals surface area contributed by atoms with Gasteiger partial charge in [0.05, 0.1) is 0 Å². The standard InChI is InChI=1S/C13H28O2/c1-3-5-7-13(9-11-14,10-12-15)8-6-4-2/h14-15H,3-12H2,1-2H3. The van der Waals surface area contributed by atoms with E-state index in [0.29, 0.717) is 0 Å². The Morgan fingerprint density at radius 3 is 1.40 bits per heavy atom. The van der Waals surface area contributed by atoms with Gasteiger partial charge < -0.3 is 10.2 Å². The molecule has 0 radical (unpaired) electrons. The first-order chi connectivity index (χ1) is 7.24. The first kappa shape index (κ1) is 14.9. The molecule has 0 unspecified atom stereocenters. The summed E-state index contributed by atoms with van der Waals surface area (Å²) in [5.74, 6) is 0. The average Bonchev–Trinajstić information content (AvgIpc) is 2.24. The fourth-order valence-corrected chi connectivity index (χ4v) is 2.33. The molecule has 92 valence electrons. The van der Waals surface area contributed by atoms with Crippen molar-refractivity contribution in [3.05, 3.63) is 0 Å². The van der Waals surface area contributed by atoms with E-state index in [9.17, 15) is 0 Å². The molecule has 0 spiro atoms. The second-order valence-corrected chi connectivity index (χ2v) is 4.65. The second-order valence-electron chi connectivity index (χ2n) is 4.65. The van der Waals surface area contributed by atoms with E-state index in [1.165, 1.54) is 25.7 Å². The molecule has 0 aliphatic carbocycles. The number of aliphatic hydroxyl groups is 2. The van der Waals surface area contributed by atoms with E-state index >= 15 is 0 Å². The zero-order chi connectivity index (χ0) is 11.6. The molecule has 0 saturated carbocycles. The molecular weight excluding hydrogens is 188 g/mol. The van der Waals surface area contributed by atoms with E-state index in [1.807, 2.05) is 0 Å². The van der Waals surface area contributed by atoms with Crippen LogP contribution in [0.3, 0.4) is 0 Å². The molecule has 0 heterocycles. The molecule has 0 fully saturated rings. The van der Waals surface area contributed by atoms with Gasteiger partial charge in [-0.2, -0.15) is 0 Å². The van der Waals surface area contributed by atoms with Crippen LogP contribution in [-0.2, 0) is 0 Å². The molecular formula is C13H28O2. The fourth-order valence-electron chi connectivity index (χ4n) is 2.33. The third-order valence-electron chi connectivity index (χ3n) is 3.41. The van der Waals surface area contributed by atoms with Gasteiger partial charge in [-0.05, 0) is 31.1 Å². The molecule has 0 aliphatic heterocycles. The number of hydrogen-bond donors (Lipinski definition) is 2. The zero-order valence-electron chi connectivity index (χ0n) is 10.5. The van der Waals surface area contributed by atoms with Gasteiger partial charge in [0.2, 0.25) is 0 Å². The van der Waals surface area contributed by atoms with Gasteiger partial charge in [-0.1, -0.05) is 39.5 Å². The third kappa shape index (κ3) is 6.16. The van der Waals surface area contributed by atoms with E-state index in [1.54, 1.807) is 0 Å². The lowest BCUT2D eigenvalue weighted by molar-refractivity contribution is 0.109. The highest BCUT2D eigenvalue weighted by Crippen LogP contribution is 2.37. The van der Waals surface area contributed by atoms with Crippen LogP contribution in [0.5, 0.6) is 0 Å². The summed E-state index contributed by atoms with van der Waals surface area (Å²) >= 11 is 0. The van der Waals surface area contributed by atoms with Crippen molar-refractivity contribution in [1.82, 2.24) is 0 Å². The van der Waals surface area contributed by atoms with Gasteiger partial charge in [0.25, 0.3) is 0 Å². The molecule has 0 saturated heterocycles.